The van der Waals surface area contributed by atoms with Gasteiger partial charge in [0.1, 0.15) is 10.8 Å². The molecule has 3 heterocycles. The lowest BCUT2D eigenvalue weighted by Crippen LogP contribution is -2.31. The number of thiazole rings is 1. The molecular weight excluding hydrogens is 332 g/mol. The number of anilines is 1. The van der Waals surface area contributed by atoms with Crippen LogP contribution in [0, 0.1) is 0 Å². The fourth-order valence-corrected chi connectivity index (χ4v) is 4.66. The van der Waals surface area contributed by atoms with Crippen LogP contribution in [0.2, 0.25) is 0 Å². The Morgan fingerprint density at radius 1 is 1.36 bits per heavy atom. The Bertz CT molecular complexity index is 923. The summed E-state index contributed by atoms with van der Waals surface area (Å²) in [6, 6.07) is 8.20. The quantitative estimate of drug-likeness (QED) is 0.781. The van der Waals surface area contributed by atoms with Gasteiger partial charge in [0.25, 0.3) is 0 Å². The van der Waals surface area contributed by atoms with Crippen molar-refractivity contribution in [2.75, 3.05) is 18.4 Å². The van der Waals surface area contributed by atoms with E-state index in [0.717, 1.165) is 48.0 Å². The summed E-state index contributed by atoms with van der Waals surface area (Å²) in [4.78, 5) is 19.1. The van der Waals surface area contributed by atoms with Crippen LogP contribution >= 0.6 is 11.3 Å². The Kier molecular flexibility index (Phi) is 4.09. The van der Waals surface area contributed by atoms with Gasteiger partial charge in [0.2, 0.25) is 5.91 Å². The van der Waals surface area contributed by atoms with E-state index in [1.54, 1.807) is 18.3 Å². The predicted octanol–water partition coefficient (Wildman–Crippen LogP) is 3.64. The molecular formula is C19H22N4OS. The number of fused-ring (bicyclic) bond motifs is 2. The SMILES string of the molecule is CCN1CCc2c(-c3nc4ccccc4s3)c(NC(C)=O)n(C)c2C1. The topological polar surface area (TPSA) is 50.2 Å². The molecule has 0 unspecified atom stereocenters. The number of hydrogen-bond donors (Lipinski definition) is 1. The number of likely N-dealkylation sites (N-methyl/N-ethyl adjacent to an activating group) is 1. The van der Waals surface area contributed by atoms with Crippen LogP contribution in [0.25, 0.3) is 20.8 Å². The highest BCUT2D eigenvalue weighted by Crippen LogP contribution is 2.41. The van der Waals surface area contributed by atoms with Gasteiger partial charge in [-0.25, -0.2) is 4.98 Å². The predicted molar refractivity (Wildman–Crippen MR) is 103 cm³/mol. The van der Waals surface area contributed by atoms with E-state index >= 15 is 0 Å². The second-order valence-electron chi connectivity index (χ2n) is 6.49. The van der Waals surface area contributed by atoms with Crippen LogP contribution in [-0.2, 0) is 24.8 Å². The smallest absolute Gasteiger partial charge is 0.222 e. The lowest BCUT2D eigenvalue weighted by atomic mass is 10.0. The summed E-state index contributed by atoms with van der Waals surface area (Å²) in [5.41, 5.74) is 4.73. The molecule has 5 nitrogen and oxygen atoms in total. The first-order valence-corrected chi connectivity index (χ1v) is 9.46. The zero-order chi connectivity index (χ0) is 17.6. The third-order valence-corrected chi connectivity index (χ3v) is 5.98. The zero-order valence-corrected chi connectivity index (χ0v) is 15.6. The van der Waals surface area contributed by atoms with E-state index in [1.807, 2.05) is 25.2 Å². The number of nitrogens with zero attached hydrogens (tertiary/aromatic N) is 3. The number of benzene rings is 1. The molecule has 0 saturated carbocycles. The molecule has 130 valence electrons. The van der Waals surface area contributed by atoms with Crippen molar-refractivity contribution in [1.82, 2.24) is 14.5 Å². The highest BCUT2D eigenvalue weighted by Gasteiger charge is 2.28. The Hall–Kier alpha value is -2.18. The summed E-state index contributed by atoms with van der Waals surface area (Å²) in [5, 5.41) is 4.04. The van der Waals surface area contributed by atoms with Gasteiger partial charge in [-0.15, -0.1) is 11.3 Å². The normalized spacial score (nSPS) is 14.7. The Morgan fingerprint density at radius 2 is 2.16 bits per heavy atom. The molecule has 0 spiro atoms. The number of amides is 1. The largest absolute Gasteiger partial charge is 0.332 e. The van der Waals surface area contributed by atoms with Gasteiger partial charge in [-0.05, 0) is 30.7 Å². The maximum atomic E-state index is 11.8. The molecule has 25 heavy (non-hydrogen) atoms. The monoisotopic (exact) mass is 354 g/mol. The van der Waals surface area contributed by atoms with Crippen molar-refractivity contribution in [3.05, 3.63) is 35.5 Å². The van der Waals surface area contributed by atoms with Crippen LogP contribution in [0.15, 0.2) is 24.3 Å². The van der Waals surface area contributed by atoms with Gasteiger partial charge in [0.05, 0.1) is 15.8 Å². The highest BCUT2D eigenvalue weighted by atomic mass is 32.1. The summed E-state index contributed by atoms with van der Waals surface area (Å²) in [5.74, 6) is 0.821. The number of carbonyl (C=O) groups is 1. The molecule has 0 atom stereocenters. The fourth-order valence-electron chi connectivity index (χ4n) is 3.62. The summed E-state index contributed by atoms with van der Waals surface area (Å²) in [6.07, 6.45) is 0.988. The van der Waals surface area contributed by atoms with Crippen molar-refractivity contribution in [3.63, 3.8) is 0 Å². The van der Waals surface area contributed by atoms with E-state index in [2.05, 4.69) is 27.8 Å². The Morgan fingerprint density at radius 3 is 2.88 bits per heavy atom. The third kappa shape index (κ3) is 2.75. The van der Waals surface area contributed by atoms with Crippen LogP contribution in [-0.4, -0.2) is 33.4 Å². The maximum absolute atomic E-state index is 11.8. The van der Waals surface area contributed by atoms with Crippen molar-refractivity contribution in [2.24, 2.45) is 7.05 Å². The minimum atomic E-state index is -0.0485. The van der Waals surface area contributed by atoms with E-state index in [0.29, 0.717) is 0 Å². The summed E-state index contributed by atoms with van der Waals surface area (Å²) < 4.78 is 3.31. The number of hydrogen-bond acceptors (Lipinski definition) is 4. The lowest BCUT2D eigenvalue weighted by molar-refractivity contribution is -0.114. The van der Waals surface area contributed by atoms with Gasteiger partial charge in [-0.2, -0.15) is 0 Å². The van der Waals surface area contributed by atoms with Gasteiger partial charge in [-0.1, -0.05) is 19.1 Å². The number of rotatable bonds is 3. The number of aromatic nitrogens is 2. The molecule has 0 bridgehead atoms. The van der Waals surface area contributed by atoms with Crippen LogP contribution in [0.5, 0.6) is 0 Å². The van der Waals surface area contributed by atoms with Gasteiger partial charge in [0.15, 0.2) is 0 Å². The number of carbonyl (C=O) groups excluding carboxylic acids is 1. The molecule has 1 aromatic carbocycles. The Labute approximate surface area is 151 Å². The summed E-state index contributed by atoms with van der Waals surface area (Å²) >= 11 is 1.69. The molecule has 0 aliphatic carbocycles. The second-order valence-corrected chi connectivity index (χ2v) is 7.53. The molecule has 1 aliphatic heterocycles. The van der Waals surface area contributed by atoms with Crippen LogP contribution in [0.1, 0.15) is 25.1 Å². The minimum Gasteiger partial charge on any atom is -0.332 e. The van der Waals surface area contributed by atoms with E-state index < -0.39 is 0 Å². The van der Waals surface area contributed by atoms with Crippen LogP contribution in [0.3, 0.4) is 0 Å². The van der Waals surface area contributed by atoms with Crippen LogP contribution in [0.4, 0.5) is 5.82 Å². The van der Waals surface area contributed by atoms with Crippen molar-refractivity contribution < 1.29 is 4.79 Å². The van der Waals surface area contributed by atoms with Gasteiger partial charge >= 0.3 is 0 Å². The van der Waals surface area contributed by atoms with E-state index in [9.17, 15) is 4.79 Å². The zero-order valence-electron chi connectivity index (χ0n) is 14.8. The number of nitrogens with one attached hydrogen (secondary N) is 1. The first kappa shape index (κ1) is 16.3. The average Bonchev–Trinajstić information content (AvgIpc) is 3.14. The minimum absolute atomic E-state index is 0.0485. The second kappa shape index (κ2) is 6.28. The molecule has 1 amide bonds. The van der Waals surface area contributed by atoms with Crippen molar-refractivity contribution in [3.8, 4) is 10.6 Å². The molecule has 1 N–H and O–H groups in total. The van der Waals surface area contributed by atoms with Gasteiger partial charge in [0, 0.05) is 32.8 Å². The average molecular weight is 354 g/mol. The van der Waals surface area contributed by atoms with Crippen molar-refractivity contribution in [2.45, 2.75) is 26.8 Å². The van der Waals surface area contributed by atoms with Crippen LogP contribution < -0.4 is 5.32 Å². The Balaban J connectivity index is 1.92. The molecule has 6 heteroatoms. The summed E-state index contributed by atoms with van der Waals surface area (Å²) in [6.45, 7) is 6.75. The maximum Gasteiger partial charge on any atom is 0.222 e. The highest BCUT2D eigenvalue weighted by molar-refractivity contribution is 7.21. The van der Waals surface area contributed by atoms with Crippen molar-refractivity contribution in [1.29, 1.82) is 0 Å². The third-order valence-electron chi connectivity index (χ3n) is 4.93. The van der Waals surface area contributed by atoms with Crippen molar-refractivity contribution >= 4 is 33.3 Å². The van der Waals surface area contributed by atoms with E-state index in [1.165, 1.54) is 16.0 Å². The van der Waals surface area contributed by atoms with E-state index in [-0.39, 0.29) is 5.91 Å². The standard InChI is InChI=1S/C19H22N4OS/c1-4-23-10-9-13-15(11-23)22(3)18(20-12(2)24)17(13)19-21-14-7-5-6-8-16(14)25-19/h5-8H,4,9-11H2,1-3H3,(H,20,24). The first-order valence-electron chi connectivity index (χ1n) is 8.64. The first-order chi connectivity index (χ1) is 12.1. The summed E-state index contributed by atoms with van der Waals surface area (Å²) in [7, 11) is 2.04. The molecule has 2 aromatic heterocycles. The van der Waals surface area contributed by atoms with Gasteiger partial charge < -0.3 is 9.88 Å². The molecule has 0 saturated heterocycles. The fraction of sp³-hybridized carbons (Fsp3) is 0.368. The van der Waals surface area contributed by atoms with Gasteiger partial charge in [-0.3, -0.25) is 9.69 Å². The number of para-hydroxylation sites is 1. The van der Waals surface area contributed by atoms with E-state index in [4.69, 9.17) is 4.98 Å². The molecule has 0 radical (unpaired) electrons. The molecule has 4 rings (SSSR count). The lowest BCUT2D eigenvalue weighted by Gasteiger charge is -2.26. The molecule has 3 aromatic rings. The molecule has 0 fully saturated rings. The molecule has 1 aliphatic rings.